The zero-order valence-corrected chi connectivity index (χ0v) is 11.4. The molecule has 3 N–H and O–H groups in total. The monoisotopic (exact) mass is 262 g/mol. The molecule has 2 unspecified atom stereocenters. The van der Waals surface area contributed by atoms with Crippen LogP contribution in [0.3, 0.4) is 0 Å². The Kier molecular flexibility index (Phi) is 5.31. The molecule has 0 aromatic heterocycles. The first-order chi connectivity index (χ1) is 8.06. The van der Waals surface area contributed by atoms with Crippen LogP contribution in [-0.4, -0.2) is 45.1 Å². The highest BCUT2D eigenvalue weighted by atomic mass is 16.6. The summed E-state index contributed by atoms with van der Waals surface area (Å²) < 4.78 is 4.70. The highest BCUT2D eigenvalue weighted by Crippen LogP contribution is 2.37. The fraction of sp³-hybridized carbons (Fsp3) is 0.833. The van der Waals surface area contributed by atoms with Gasteiger partial charge in [0.2, 0.25) is 11.2 Å². The lowest BCUT2D eigenvalue weighted by atomic mass is 9.69. The molecule has 6 heteroatoms. The Bertz CT molecular complexity index is 325. The summed E-state index contributed by atoms with van der Waals surface area (Å²) in [4.78, 5) is 23.2. The van der Waals surface area contributed by atoms with Gasteiger partial charge in [0.25, 0.3) is 0 Å². The summed E-state index contributed by atoms with van der Waals surface area (Å²) in [5.41, 5.74) is -5.10. The number of rotatable bonds is 6. The van der Waals surface area contributed by atoms with E-state index in [-0.39, 0.29) is 6.61 Å². The van der Waals surface area contributed by atoms with E-state index < -0.39 is 35.0 Å². The number of ether oxygens (including phenoxy) is 1. The van der Waals surface area contributed by atoms with Crippen LogP contribution in [0.15, 0.2) is 0 Å². The van der Waals surface area contributed by atoms with Crippen molar-refractivity contribution >= 4 is 11.9 Å². The van der Waals surface area contributed by atoms with Crippen LogP contribution in [-0.2, 0) is 14.3 Å². The van der Waals surface area contributed by atoms with Gasteiger partial charge in [0.05, 0.1) is 6.61 Å². The van der Waals surface area contributed by atoms with Crippen molar-refractivity contribution in [3.8, 4) is 0 Å². The van der Waals surface area contributed by atoms with E-state index in [4.69, 9.17) is 4.74 Å². The van der Waals surface area contributed by atoms with Crippen LogP contribution in [0, 0.1) is 11.8 Å². The van der Waals surface area contributed by atoms with Gasteiger partial charge in [0.15, 0.2) is 0 Å². The summed E-state index contributed by atoms with van der Waals surface area (Å²) >= 11 is 0. The van der Waals surface area contributed by atoms with Crippen molar-refractivity contribution in [1.29, 1.82) is 0 Å². The number of aliphatic hydroxyl groups is 2. The fourth-order valence-electron chi connectivity index (χ4n) is 1.92. The van der Waals surface area contributed by atoms with E-state index in [1.54, 1.807) is 0 Å². The molecule has 6 nitrogen and oxygen atoms in total. The van der Waals surface area contributed by atoms with E-state index in [2.05, 4.69) is 0 Å². The van der Waals surface area contributed by atoms with Gasteiger partial charge in [-0.15, -0.1) is 0 Å². The van der Waals surface area contributed by atoms with Crippen LogP contribution in [0.1, 0.15) is 34.6 Å². The summed E-state index contributed by atoms with van der Waals surface area (Å²) in [6, 6.07) is 0. The number of carbonyl (C=O) groups excluding carboxylic acids is 1. The predicted molar refractivity (Wildman–Crippen MR) is 63.8 cm³/mol. The summed E-state index contributed by atoms with van der Waals surface area (Å²) in [6.07, 6.45) is 0. The minimum atomic E-state index is -2.60. The second-order valence-electron chi connectivity index (χ2n) is 4.87. The number of hydrogen-bond acceptors (Lipinski definition) is 5. The molecule has 0 saturated heterocycles. The molecule has 18 heavy (non-hydrogen) atoms. The molecule has 106 valence electrons. The van der Waals surface area contributed by atoms with Crippen molar-refractivity contribution in [2.24, 2.45) is 11.8 Å². The SMILES string of the molecule is CCOC(=O)C(O)(C(C)C)C(O)(C(=O)O)C(C)C. The number of carbonyl (C=O) groups is 2. The first-order valence-electron chi connectivity index (χ1n) is 5.92. The first-order valence-corrected chi connectivity index (χ1v) is 5.92. The summed E-state index contributed by atoms with van der Waals surface area (Å²) in [6.45, 7) is 7.26. The van der Waals surface area contributed by atoms with Gasteiger partial charge in [-0.2, -0.15) is 0 Å². The molecular formula is C12H22O6. The Labute approximate surface area is 107 Å². The third kappa shape index (κ3) is 2.35. The molecule has 0 saturated carbocycles. The van der Waals surface area contributed by atoms with E-state index in [1.165, 1.54) is 34.6 Å². The van der Waals surface area contributed by atoms with Gasteiger partial charge in [-0.25, -0.2) is 9.59 Å². The second-order valence-corrected chi connectivity index (χ2v) is 4.87. The van der Waals surface area contributed by atoms with Gasteiger partial charge in [0.1, 0.15) is 0 Å². The lowest BCUT2D eigenvalue weighted by Gasteiger charge is -2.43. The molecule has 0 rings (SSSR count). The Morgan fingerprint density at radius 1 is 1.06 bits per heavy atom. The van der Waals surface area contributed by atoms with E-state index in [9.17, 15) is 24.9 Å². The van der Waals surface area contributed by atoms with Crippen LogP contribution >= 0.6 is 0 Å². The summed E-state index contributed by atoms with van der Waals surface area (Å²) in [7, 11) is 0. The lowest BCUT2D eigenvalue weighted by Crippen LogP contribution is -2.69. The highest BCUT2D eigenvalue weighted by molar-refractivity contribution is 5.92. The highest BCUT2D eigenvalue weighted by Gasteiger charge is 2.64. The molecule has 0 aromatic rings. The topological polar surface area (TPSA) is 104 Å². The number of hydrogen-bond donors (Lipinski definition) is 3. The quantitative estimate of drug-likeness (QED) is 0.599. The van der Waals surface area contributed by atoms with E-state index in [0.29, 0.717) is 0 Å². The molecule has 0 aliphatic heterocycles. The van der Waals surface area contributed by atoms with Crippen LogP contribution in [0.2, 0.25) is 0 Å². The zero-order chi connectivity index (χ0) is 14.7. The first kappa shape index (κ1) is 16.9. The van der Waals surface area contributed by atoms with Crippen LogP contribution in [0.5, 0.6) is 0 Å². The van der Waals surface area contributed by atoms with Crippen molar-refractivity contribution in [3.63, 3.8) is 0 Å². The van der Waals surface area contributed by atoms with Gasteiger partial charge in [-0.3, -0.25) is 0 Å². The number of carboxylic acids is 1. The van der Waals surface area contributed by atoms with Crippen molar-refractivity contribution in [2.75, 3.05) is 6.61 Å². The maximum Gasteiger partial charge on any atom is 0.342 e. The smallest absolute Gasteiger partial charge is 0.342 e. The van der Waals surface area contributed by atoms with Gasteiger partial charge in [-0.1, -0.05) is 27.7 Å². The zero-order valence-electron chi connectivity index (χ0n) is 11.4. The minimum absolute atomic E-state index is 0.0122. The Morgan fingerprint density at radius 2 is 1.44 bits per heavy atom. The van der Waals surface area contributed by atoms with Crippen molar-refractivity contribution < 1.29 is 29.6 Å². The normalized spacial score (nSPS) is 18.3. The average molecular weight is 262 g/mol. The molecule has 0 amide bonds. The summed E-state index contributed by atoms with van der Waals surface area (Å²) in [5.74, 6) is -4.47. The van der Waals surface area contributed by atoms with E-state index in [1.807, 2.05) is 0 Å². The molecule has 2 atom stereocenters. The molecule has 0 aliphatic rings. The van der Waals surface area contributed by atoms with Gasteiger partial charge >= 0.3 is 11.9 Å². The van der Waals surface area contributed by atoms with Crippen LogP contribution in [0.4, 0.5) is 0 Å². The fourth-order valence-corrected chi connectivity index (χ4v) is 1.92. The molecule has 0 aliphatic carbocycles. The number of esters is 1. The Morgan fingerprint density at radius 3 is 1.67 bits per heavy atom. The van der Waals surface area contributed by atoms with E-state index >= 15 is 0 Å². The van der Waals surface area contributed by atoms with Crippen molar-refractivity contribution in [3.05, 3.63) is 0 Å². The standard InChI is InChI=1S/C12H22O6/c1-6-18-10(15)12(17,8(4)5)11(16,7(2)3)9(13)14/h7-8,16-17H,6H2,1-5H3,(H,13,14). The molecule has 0 spiro atoms. The number of aliphatic carboxylic acids is 1. The van der Waals surface area contributed by atoms with Crippen LogP contribution in [0.25, 0.3) is 0 Å². The van der Waals surface area contributed by atoms with Crippen molar-refractivity contribution in [2.45, 2.75) is 45.8 Å². The molecule has 0 radical (unpaired) electrons. The maximum absolute atomic E-state index is 11.9. The lowest BCUT2D eigenvalue weighted by molar-refractivity contribution is -0.228. The molecule has 0 heterocycles. The maximum atomic E-state index is 11.9. The molecule has 0 aromatic carbocycles. The van der Waals surface area contributed by atoms with Gasteiger partial charge in [-0.05, 0) is 18.8 Å². The predicted octanol–water partition coefficient (Wildman–Crippen LogP) is 0.408. The molecular weight excluding hydrogens is 240 g/mol. The van der Waals surface area contributed by atoms with Crippen LogP contribution < -0.4 is 0 Å². The van der Waals surface area contributed by atoms with Gasteiger partial charge < -0.3 is 20.1 Å². The van der Waals surface area contributed by atoms with Crippen molar-refractivity contribution in [1.82, 2.24) is 0 Å². The molecule has 0 fully saturated rings. The third-order valence-electron chi connectivity index (χ3n) is 3.16. The van der Waals surface area contributed by atoms with Gasteiger partial charge in [0, 0.05) is 0 Å². The summed E-state index contributed by atoms with van der Waals surface area (Å²) in [5, 5.41) is 29.9. The Balaban J connectivity index is 5.85. The second kappa shape index (κ2) is 5.67. The third-order valence-corrected chi connectivity index (χ3v) is 3.16. The average Bonchev–Trinajstić information content (AvgIpc) is 2.25. The van der Waals surface area contributed by atoms with E-state index in [0.717, 1.165) is 0 Å². The number of carboxylic acid groups (broad SMARTS) is 1. The Hall–Kier alpha value is -1.14. The minimum Gasteiger partial charge on any atom is -0.479 e. The molecule has 0 bridgehead atoms. The largest absolute Gasteiger partial charge is 0.479 e.